The maximum absolute atomic E-state index is 14.0. The molecule has 0 saturated carbocycles. The Bertz CT molecular complexity index is 3340. The molecule has 0 aliphatic heterocycles. The van der Waals surface area contributed by atoms with Crippen molar-refractivity contribution in [1.82, 2.24) is 0 Å². The van der Waals surface area contributed by atoms with Gasteiger partial charge in [-0.05, 0) is 152 Å². The maximum Gasteiger partial charge on any atom is 0.343 e. The third-order valence-electron chi connectivity index (χ3n) is 19.3. The number of rotatable bonds is 58. The number of hydrogen-bond donors (Lipinski definition) is 0. The van der Waals surface area contributed by atoms with Gasteiger partial charge >= 0.3 is 23.9 Å². The predicted molar refractivity (Wildman–Crippen MR) is 436 cm³/mol. The molecule has 0 spiro atoms. The van der Waals surface area contributed by atoms with Crippen LogP contribution in [0.1, 0.15) is 314 Å². The summed E-state index contributed by atoms with van der Waals surface area (Å²) in [6.07, 6.45) is 40.7. The molecule has 7 rings (SSSR count). The summed E-state index contributed by atoms with van der Waals surface area (Å²) in [4.78, 5) is 55.2. The number of benzene rings is 7. The second-order valence-electron chi connectivity index (χ2n) is 28.5. The van der Waals surface area contributed by atoms with Crippen LogP contribution in [0, 0.1) is 0 Å². The molecule has 0 atom stereocenters. The number of esters is 4. The van der Waals surface area contributed by atoms with Crippen molar-refractivity contribution in [2.75, 3.05) is 39.6 Å². The quantitative estimate of drug-likeness (QED) is 0.0201. The second kappa shape index (κ2) is 52.3. The fraction of sp³-hybridized carbons (Fsp3) is 0.511. The Labute approximate surface area is 647 Å². The minimum absolute atomic E-state index is 0.168. The van der Waals surface area contributed by atoms with Crippen molar-refractivity contribution in [3.05, 3.63) is 168 Å². The number of ether oxygens (including phenoxy) is 10. The molecule has 0 bridgehead atoms. The van der Waals surface area contributed by atoms with Gasteiger partial charge in [-0.1, -0.05) is 289 Å². The molecule has 0 aromatic heterocycles. The fourth-order valence-corrected chi connectivity index (χ4v) is 12.8. The summed E-state index contributed by atoms with van der Waals surface area (Å²) in [5, 5.41) is 0. The molecule has 7 aromatic rings. The highest BCUT2D eigenvalue weighted by Crippen LogP contribution is 2.42. The molecule has 7 aromatic carbocycles. The van der Waals surface area contributed by atoms with Gasteiger partial charge < -0.3 is 47.4 Å². The van der Waals surface area contributed by atoms with E-state index in [0.29, 0.717) is 108 Å². The molecule has 586 valence electrons. The van der Waals surface area contributed by atoms with E-state index < -0.39 is 23.9 Å². The zero-order valence-electron chi connectivity index (χ0n) is 66.3. The average molecular weight is 1480 g/mol. The zero-order valence-corrected chi connectivity index (χ0v) is 66.3. The Morgan fingerprint density at radius 2 is 0.407 bits per heavy atom. The first kappa shape index (κ1) is 86.5. The Hall–Kier alpha value is -8.78. The Morgan fingerprint density at radius 1 is 0.213 bits per heavy atom. The van der Waals surface area contributed by atoms with Gasteiger partial charge in [-0.3, -0.25) is 0 Å². The van der Waals surface area contributed by atoms with Gasteiger partial charge in [0.2, 0.25) is 11.5 Å². The van der Waals surface area contributed by atoms with Gasteiger partial charge in [-0.25, -0.2) is 19.2 Å². The normalized spacial score (nSPS) is 11.1. The van der Waals surface area contributed by atoms with Crippen LogP contribution in [0.2, 0.25) is 0 Å². The Balaban J connectivity index is 0.936. The molecular formula is C94H126O14. The molecule has 0 amide bonds. The number of unbranched alkanes of at least 4 members (excludes halogenated alkanes) is 30. The second-order valence-corrected chi connectivity index (χ2v) is 28.5. The van der Waals surface area contributed by atoms with Crippen LogP contribution < -0.4 is 47.4 Å². The molecule has 0 saturated heterocycles. The van der Waals surface area contributed by atoms with Crippen LogP contribution in [0.25, 0.3) is 22.3 Å². The zero-order chi connectivity index (χ0) is 76.4. The van der Waals surface area contributed by atoms with Gasteiger partial charge in [0, 0.05) is 0 Å². The van der Waals surface area contributed by atoms with Crippen LogP contribution in [0.5, 0.6) is 57.5 Å². The summed E-state index contributed by atoms with van der Waals surface area (Å²) in [6.45, 7) is 16.4. The summed E-state index contributed by atoms with van der Waals surface area (Å²) >= 11 is 0. The molecule has 0 unspecified atom stereocenters. The van der Waals surface area contributed by atoms with Gasteiger partial charge in [-0.2, -0.15) is 0 Å². The highest BCUT2D eigenvalue weighted by molar-refractivity contribution is 5.97. The van der Waals surface area contributed by atoms with Crippen molar-refractivity contribution < 1.29 is 66.5 Å². The van der Waals surface area contributed by atoms with E-state index in [2.05, 4.69) is 41.5 Å². The smallest absolute Gasteiger partial charge is 0.343 e. The highest BCUT2D eigenvalue weighted by atomic mass is 16.6. The Morgan fingerprint density at radius 3 is 0.630 bits per heavy atom. The first-order chi connectivity index (χ1) is 53.0. The predicted octanol–water partition coefficient (Wildman–Crippen LogP) is 26.3. The lowest BCUT2D eigenvalue weighted by atomic mass is 10.1. The van der Waals surface area contributed by atoms with Crippen LogP contribution in [0.4, 0.5) is 0 Å². The monoisotopic (exact) mass is 1480 g/mol. The molecule has 0 radical (unpaired) electrons. The third-order valence-corrected chi connectivity index (χ3v) is 19.3. The molecule has 0 aliphatic carbocycles. The van der Waals surface area contributed by atoms with Crippen LogP contribution in [-0.4, -0.2) is 63.5 Å². The average Bonchev–Trinajstić information content (AvgIpc) is 0.864. The lowest BCUT2D eigenvalue weighted by Crippen LogP contribution is -2.12. The molecular weight excluding hydrogens is 1350 g/mol. The van der Waals surface area contributed by atoms with Crippen LogP contribution in [0.15, 0.2) is 146 Å². The van der Waals surface area contributed by atoms with Crippen molar-refractivity contribution in [3.63, 3.8) is 0 Å². The van der Waals surface area contributed by atoms with Crippen molar-refractivity contribution in [3.8, 4) is 79.7 Å². The molecule has 108 heavy (non-hydrogen) atoms. The van der Waals surface area contributed by atoms with E-state index in [-0.39, 0.29) is 11.1 Å². The number of carbonyl (C=O) groups excluding carboxylic acids is 4. The van der Waals surface area contributed by atoms with Gasteiger partial charge in [0.1, 0.15) is 23.0 Å². The van der Waals surface area contributed by atoms with E-state index in [4.69, 9.17) is 47.4 Å². The van der Waals surface area contributed by atoms with Gasteiger partial charge in [0.25, 0.3) is 0 Å². The molecule has 0 heterocycles. The summed E-state index contributed by atoms with van der Waals surface area (Å²) in [5.41, 5.74) is 4.35. The minimum atomic E-state index is -0.647. The number of carbonyl (C=O) groups is 4. The van der Waals surface area contributed by atoms with E-state index in [1.54, 1.807) is 91.0 Å². The fourth-order valence-electron chi connectivity index (χ4n) is 12.8. The van der Waals surface area contributed by atoms with Crippen LogP contribution in [-0.2, 0) is 0 Å². The first-order valence-corrected chi connectivity index (χ1v) is 41.6. The van der Waals surface area contributed by atoms with Crippen molar-refractivity contribution in [1.29, 1.82) is 0 Å². The van der Waals surface area contributed by atoms with Crippen LogP contribution in [0.3, 0.4) is 0 Å². The van der Waals surface area contributed by atoms with E-state index >= 15 is 0 Å². The van der Waals surface area contributed by atoms with E-state index in [1.165, 1.54) is 134 Å². The lowest BCUT2D eigenvalue weighted by molar-refractivity contribution is 0.0719. The molecule has 14 heteroatoms. The van der Waals surface area contributed by atoms with Gasteiger partial charge in [-0.15, -0.1) is 0 Å². The van der Waals surface area contributed by atoms with Crippen molar-refractivity contribution >= 4 is 23.9 Å². The first-order valence-electron chi connectivity index (χ1n) is 41.6. The van der Waals surface area contributed by atoms with Crippen LogP contribution >= 0.6 is 0 Å². The van der Waals surface area contributed by atoms with Gasteiger partial charge in [0.15, 0.2) is 23.0 Å². The van der Waals surface area contributed by atoms with Gasteiger partial charge in [0.05, 0.1) is 61.9 Å². The molecule has 0 fully saturated rings. The summed E-state index contributed by atoms with van der Waals surface area (Å²) in [7, 11) is 0. The highest BCUT2D eigenvalue weighted by Gasteiger charge is 2.24. The largest absolute Gasteiger partial charge is 0.490 e. The standard InChI is InChI=1S/C94H126O14/c1-7-13-19-25-31-37-62-99-85-69-79(70-86(100-63-38-32-26-20-14-8-2)89(85)103-66-41-35-29-23-17-11-5)93(97)107-83-58-50-75(51-59-83)73-46-54-81(55-47-73)105-91(95)77-44-43-45-78(68-77)92(96)106-82-56-48-74(49-57-82)76-52-60-84(61-53-76)108-94(98)80-71-87(101-64-39-33-27-21-15-9-3)90(104-67-42-36-30-24-18-12-6)88(72-80)102-65-40-34-28-22-16-10-4/h43-61,68-72H,7-42,62-67H2,1-6H3. The maximum atomic E-state index is 14.0. The Kier molecular flexibility index (Phi) is 41.9. The van der Waals surface area contributed by atoms with Crippen molar-refractivity contribution in [2.24, 2.45) is 0 Å². The molecule has 14 nitrogen and oxygen atoms in total. The lowest BCUT2D eigenvalue weighted by Gasteiger charge is -2.19. The third kappa shape index (κ3) is 32.2. The minimum Gasteiger partial charge on any atom is -0.490 e. The molecule has 0 N–H and O–H groups in total. The summed E-state index contributed by atoms with van der Waals surface area (Å²) in [5.74, 6) is 2.03. The van der Waals surface area contributed by atoms with E-state index in [1.807, 2.05) is 48.5 Å². The molecule has 0 aliphatic rings. The SMILES string of the molecule is CCCCCCCCOc1cc(C(=O)Oc2ccc(-c3ccc(OC(=O)c4cccc(C(=O)Oc5ccc(-c6ccc(OC(=O)c7cc(OCCCCCCCC)c(OCCCCCCCC)c(OCCCCCCCC)c7)cc6)cc5)c4)cc3)cc2)cc(OCCCCCCCC)c1OCCCCCCCC. The topological polar surface area (TPSA) is 161 Å². The number of hydrogen-bond acceptors (Lipinski definition) is 14. The summed E-state index contributed by atoms with van der Waals surface area (Å²) in [6, 6.07) is 41.7. The van der Waals surface area contributed by atoms with E-state index in [9.17, 15) is 19.2 Å². The van der Waals surface area contributed by atoms with Crippen molar-refractivity contribution in [2.45, 2.75) is 273 Å². The van der Waals surface area contributed by atoms with E-state index in [0.717, 1.165) is 125 Å². The summed E-state index contributed by atoms with van der Waals surface area (Å²) < 4.78 is 62.3.